The Bertz CT molecular complexity index is 584. The highest BCUT2D eigenvalue weighted by Crippen LogP contribution is 2.28. The average Bonchev–Trinajstić information content (AvgIpc) is 2.93. The van der Waals surface area contributed by atoms with E-state index in [1.807, 2.05) is 39.8 Å². The molecule has 0 spiro atoms. The number of hydrogen-bond acceptors (Lipinski definition) is 5. The van der Waals surface area contributed by atoms with Gasteiger partial charge in [0.2, 0.25) is 12.1 Å². The second-order valence-corrected chi connectivity index (χ2v) is 5.42. The number of hydrogen-bond donors (Lipinski definition) is 0. The van der Waals surface area contributed by atoms with E-state index in [0.717, 1.165) is 21.2 Å². The first-order valence-electron chi connectivity index (χ1n) is 6.90. The van der Waals surface area contributed by atoms with Gasteiger partial charge in [-0.15, -0.1) is 0 Å². The van der Waals surface area contributed by atoms with Gasteiger partial charge in [-0.05, 0) is 51.0 Å². The fraction of sp³-hybridized carbons (Fsp3) is 0.467. The molecule has 1 heterocycles. The molecule has 0 saturated heterocycles. The summed E-state index contributed by atoms with van der Waals surface area (Å²) in [4.78, 5) is 4.39. The van der Waals surface area contributed by atoms with Gasteiger partial charge in [-0.25, -0.2) is 0 Å². The molecule has 0 aliphatic carbocycles. The first kappa shape index (κ1) is 16.1. The third-order valence-electron chi connectivity index (χ3n) is 2.97. The van der Waals surface area contributed by atoms with Crippen LogP contribution in [0.1, 0.15) is 37.2 Å². The van der Waals surface area contributed by atoms with E-state index in [-0.39, 0.29) is 0 Å². The molecule has 0 amide bonds. The van der Waals surface area contributed by atoms with Crippen LogP contribution in [0.15, 0.2) is 21.1 Å². The zero-order valence-corrected chi connectivity index (χ0v) is 14.2. The Morgan fingerprint density at radius 3 is 2.24 bits per heavy atom. The standard InChI is InChI=1S/C15H19BrN2O3/c1-5-19-15(20-6-2)14-17-13(18-21-14)11-7-9(3)12(16)10(4)8-11/h7-8,15H,5-6H2,1-4H3. The zero-order valence-electron chi connectivity index (χ0n) is 12.6. The van der Waals surface area contributed by atoms with Crippen LogP contribution >= 0.6 is 15.9 Å². The van der Waals surface area contributed by atoms with E-state index in [2.05, 4.69) is 26.1 Å². The van der Waals surface area contributed by atoms with Crippen LogP contribution in [0.5, 0.6) is 0 Å². The third kappa shape index (κ3) is 3.70. The summed E-state index contributed by atoms with van der Waals surface area (Å²) < 4.78 is 17.3. The van der Waals surface area contributed by atoms with Crippen molar-refractivity contribution in [2.45, 2.75) is 34.0 Å². The number of benzene rings is 1. The minimum Gasteiger partial charge on any atom is -0.345 e. The molecular weight excluding hydrogens is 336 g/mol. The molecule has 0 bridgehead atoms. The molecule has 0 radical (unpaired) electrons. The monoisotopic (exact) mass is 354 g/mol. The molecular formula is C15H19BrN2O3. The molecule has 0 aliphatic heterocycles. The third-order valence-corrected chi connectivity index (χ3v) is 4.22. The van der Waals surface area contributed by atoms with Crippen molar-refractivity contribution in [3.8, 4) is 11.4 Å². The first-order valence-corrected chi connectivity index (χ1v) is 7.70. The fourth-order valence-electron chi connectivity index (χ4n) is 2.02. The number of aromatic nitrogens is 2. The summed E-state index contributed by atoms with van der Waals surface area (Å²) in [5, 5.41) is 4.02. The van der Waals surface area contributed by atoms with Crippen LogP contribution in [0.3, 0.4) is 0 Å². The molecule has 114 valence electrons. The lowest BCUT2D eigenvalue weighted by Crippen LogP contribution is -2.09. The Labute approximate surface area is 132 Å². The van der Waals surface area contributed by atoms with Crippen molar-refractivity contribution in [1.82, 2.24) is 10.1 Å². The summed E-state index contributed by atoms with van der Waals surface area (Å²) in [5.74, 6) is 0.875. The van der Waals surface area contributed by atoms with E-state index in [1.54, 1.807) is 0 Å². The molecule has 5 nitrogen and oxygen atoms in total. The molecule has 2 aromatic rings. The van der Waals surface area contributed by atoms with Gasteiger partial charge in [-0.2, -0.15) is 4.98 Å². The highest BCUT2D eigenvalue weighted by Gasteiger charge is 2.20. The van der Waals surface area contributed by atoms with Crippen LogP contribution in [0.25, 0.3) is 11.4 Å². The summed E-state index contributed by atoms with van der Waals surface area (Å²) in [5.41, 5.74) is 3.17. The molecule has 0 atom stereocenters. The second-order valence-electron chi connectivity index (χ2n) is 4.62. The van der Waals surface area contributed by atoms with Crippen molar-refractivity contribution in [2.75, 3.05) is 13.2 Å². The van der Waals surface area contributed by atoms with Gasteiger partial charge in [0.1, 0.15) is 0 Å². The van der Waals surface area contributed by atoms with Crippen molar-refractivity contribution < 1.29 is 14.0 Å². The Morgan fingerprint density at radius 2 is 1.71 bits per heavy atom. The minimum atomic E-state index is -0.612. The van der Waals surface area contributed by atoms with E-state index in [9.17, 15) is 0 Å². The van der Waals surface area contributed by atoms with Crippen molar-refractivity contribution in [1.29, 1.82) is 0 Å². The van der Waals surface area contributed by atoms with Gasteiger partial charge in [0, 0.05) is 23.2 Å². The maximum absolute atomic E-state index is 5.46. The minimum absolute atomic E-state index is 0.340. The van der Waals surface area contributed by atoms with E-state index in [0.29, 0.717) is 24.9 Å². The molecule has 0 N–H and O–H groups in total. The van der Waals surface area contributed by atoms with E-state index < -0.39 is 6.29 Å². The van der Waals surface area contributed by atoms with Crippen LogP contribution in [0.2, 0.25) is 0 Å². The Balaban J connectivity index is 2.30. The lowest BCUT2D eigenvalue weighted by Gasteiger charge is -2.11. The zero-order chi connectivity index (χ0) is 15.4. The van der Waals surface area contributed by atoms with Crippen LogP contribution in [-0.2, 0) is 9.47 Å². The molecule has 1 aromatic heterocycles. The molecule has 0 aliphatic rings. The van der Waals surface area contributed by atoms with Crippen LogP contribution in [-0.4, -0.2) is 23.4 Å². The van der Waals surface area contributed by atoms with Crippen molar-refractivity contribution in [3.05, 3.63) is 33.6 Å². The van der Waals surface area contributed by atoms with Gasteiger partial charge in [0.05, 0.1) is 0 Å². The van der Waals surface area contributed by atoms with Gasteiger partial charge >= 0.3 is 0 Å². The molecule has 0 saturated carbocycles. The number of halogens is 1. The fourth-order valence-corrected chi connectivity index (χ4v) is 2.25. The maximum Gasteiger partial charge on any atom is 0.283 e. The Kier molecular flexibility index (Phi) is 5.50. The predicted molar refractivity (Wildman–Crippen MR) is 82.9 cm³/mol. The maximum atomic E-state index is 5.46. The molecule has 0 fully saturated rings. The lowest BCUT2D eigenvalue weighted by molar-refractivity contribution is -0.155. The van der Waals surface area contributed by atoms with Gasteiger partial charge in [-0.1, -0.05) is 21.1 Å². The number of aryl methyl sites for hydroxylation is 2. The van der Waals surface area contributed by atoms with Gasteiger partial charge < -0.3 is 14.0 Å². The second kappa shape index (κ2) is 7.15. The van der Waals surface area contributed by atoms with E-state index in [4.69, 9.17) is 14.0 Å². The predicted octanol–water partition coefficient (Wildman–Crippen LogP) is 4.19. The van der Waals surface area contributed by atoms with Crippen molar-refractivity contribution in [3.63, 3.8) is 0 Å². The van der Waals surface area contributed by atoms with Crippen LogP contribution in [0, 0.1) is 13.8 Å². The molecule has 21 heavy (non-hydrogen) atoms. The molecule has 2 rings (SSSR count). The first-order chi connectivity index (χ1) is 10.1. The smallest absolute Gasteiger partial charge is 0.283 e. The Morgan fingerprint density at radius 1 is 1.14 bits per heavy atom. The average molecular weight is 355 g/mol. The molecule has 0 unspecified atom stereocenters. The summed E-state index contributed by atoms with van der Waals surface area (Å²) in [6.45, 7) is 8.88. The highest BCUT2D eigenvalue weighted by molar-refractivity contribution is 9.10. The largest absolute Gasteiger partial charge is 0.345 e. The van der Waals surface area contributed by atoms with Crippen molar-refractivity contribution in [2.24, 2.45) is 0 Å². The summed E-state index contributed by atoms with van der Waals surface area (Å²) in [6, 6.07) is 4.03. The normalized spacial score (nSPS) is 11.3. The number of nitrogens with zero attached hydrogens (tertiary/aromatic N) is 2. The van der Waals surface area contributed by atoms with E-state index in [1.165, 1.54) is 0 Å². The topological polar surface area (TPSA) is 57.4 Å². The van der Waals surface area contributed by atoms with Gasteiger partial charge in [0.25, 0.3) is 5.89 Å². The summed E-state index contributed by atoms with van der Waals surface area (Å²) >= 11 is 3.55. The quantitative estimate of drug-likeness (QED) is 0.728. The van der Waals surface area contributed by atoms with Gasteiger partial charge in [-0.3, -0.25) is 0 Å². The molecule has 1 aromatic carbocycles. The summed E-state index contributed by atoms with van der Waals surface area (Å²) in [7, 11) is 0. The SMILES string of the molecule is CCOC(OCC)c1nc(-c2cc(C)c(Br)c(C)c2)no1. The lowest BCUT2D eigenvalue weighted by atomic mass is 10.1. The number of rotatable bonds is 6. The summed E-state index contributed by atoms with van der Waals surface area (Å²) in [6.07, 6.45) is -0.612. The van der Waals surface area contributed by atoms with Crippen molar-refractivity contribution >= 4 is 15.9 Å². The Hall–Kier alpha value is -1.24. The highest BCUT2D eigenvalue weighted by atomic mass is 79.9. The van der Waals surface area contributed by atoms with E-state index >= 15 is 0 Å². The van der Waals surface area contributed by atoms with Crippen LogP contribution < -0.4 is 0 Å². The van der Waals surface area contributed by atoms with Gasteiger partial charge in [0.15, 0.2) is 0 Å². The number of ether oxygens (including phenoxy) is 2. The van der Waals surface area contributed by atoms with Crippen LogP contribution in [0.4, 0.5) is 0 Å². The molecule has 6 heteroatoms.